The largest absolute Gasteiger partial charge is 0.573 e. The first kappa shape index (κ1) is 14.7. The highest BCUT2D eigenvalue weighted by atomic mass is 19.4. The third-order valence-corrected chi connectivity index (χ3v) is 1.97. The Kier molecular flexibility index (Phi) is 3.92. The molecule has 0 radical (unpaired) electrons. The van der Waals surface area contributed by atoms with Gasteiger partial charge < -0.3 is 9.47 Å². The van der Waals surface area contributed by atoms with Gasteiger partial charge in [-0.1, -0.05) is 0 Å². The summed E-state index contributed by atoms with van der Waals surface area (Å²) in [6.07, 6.45) is -4.32. The van der Waals surface area contributed by atoms with Crippen LogP contribution >= 0.6 is 0 Å². The number of nitro groups is 1. The first-order valence-electron chi connectivity index (χ1n) is 4.65. The zero-order chi connectivity index (χ0) is 14.8. The number of nitrogens with zero attached hydrogens (tertiary/aromatic N) is 2. The van der Waals surface area contributed by atoms with Crippen LogP contribution in [0.25, 0.3) is 0 Å². The molecule has 0 amide bonds. The zero-order valence-corrected chi connectivity index (χ0v) is 9.65. The minimum Gasteiger partial charge on any atom is -0.464 e. The van der Waals surface area contributed by atoms with E-state index >= 15 is 0 Å². The Bertz CT molecular complexity index is 529. The lowest BCUT2D eigenvalue weighted by Crippen LogP contribution is -2.21. The lowest BCUT2D eigenvalue weighted by Gasteiger charge is -2.12. The molecule has 104 valence electrons. The monoisotopic (exact) mass is 280 g/mol. The predicted molar refractivity (Wildman–Crippen MR) is 53.7 cm³/mol. The second kappa shape index (κ2) is 5.08. The first-order chi connectivity index (χ1) is 8.67. The summed E-state index contributed by atoms with van der Waals surface area (Å²) in [5, 5.41) is 10.8. The van der Waals surface area contributed by atoms with Gasteiger partial charge in [0.05, 0.1) is 12.0 Å². The van der Waals surface area contributed by atoms with Crippen molar-refractivity contribution in [1.82, 2.24) is 4.98 Å². The number of hydrogen-bond acceptors (Lipinski definition) is 6. The number of rotatable bonds is 3. The highest BCUT2D eigenvalue weighted by Crippen LogP contribution is 2.36. The maximum absolute atomic E-state index is 12.2. The molecule has 0 N–H and O–H groups in total. The number of ether oxygens (including phenoxy) is 2. The molecule has 19 heavy (non-hydrogen) atoms. The number of aryl methyl sites for hydroxylation is 1. The highest BCUT2D eigenvalue weighted by molar-refractivity contribution is 5.92. The second-order valence-corrected chi connectivity index (χ2v) is 3.26. The van der Waals surface area contributed by atoms with Crippen LogP contribution in [0.1, 0.15) is 16.1 Å². The van der Waals surface area contributed by atoms with E-state index in [4.69, 9.17) is 0 Å². The van der Waals surface area contributed by atoms with E-state index in [2.05, 4.69) is 14.5 Å². The Morgan fingerprint density at radius 1 is 1.47 bits per heavy atom. The molecule has 0 aliphatic rings. The normalized spacial score (nSPS) is 11.0. The molecule has 10 heteroatoms. The molecule has 1 aromatic heterocycles. The van der Waals surface area contributed by atoms with E-state index < -0.39 is 34.4 Å². The van der Waals surface area contributed by atoms with Gasteiger partial charge in [-0.05, 0) is 6.92 Å². The van der Waals surface area contributed by atoms with Crippen LogP contribution in [-0.4, -0.2) is 29.3 Å². The maximum Gasteiger partial charge on any atom is 0.573 e. The van der Waals surface area contributed by atoms with Gasteiger partial charge in [0.15, 0.2) is 5.69 Å². The van der Waals surface area contributed by atoms with Crippen molar-refractivity contribution in [3.05, 3.63) is 27.6 Å². The summed E-state index contributed by atoms with van der Waals surface area (Å²) in [6.45, 7) is 1.16. The molecule has 0 aliphatic carbocycles. The number of esters is 1. The average Bonchev–Trinajstić information content (AvgIpc) is 2.25. The van der Waals surface area contributed by atoms with Crippen molar-refractivity contribution in [2.24, 2.45) is 0 Å². The van der Waals surface area contributed by atoms with Crippen molar-refractivity contribution >= 4 is 11.7 Å². The van der Waals surface area contributed by atoms with E-state index in [1.165, 1.54) is 0 Å². The minimum atomic E-state index is -5.21. The lowest BCUT2D eigenvalue weighted by atomic mass is 10.2. The molecule has 0 saturated carbocycles. The van der Waals surface area contributed by atoms with Crippen LogP contribution in [-0.2, 0) is 4.74 Å². The standard InChI is InChI=1S/C9H7F3N2O5/c1-4-3-13-5(8(15)18-2)7(6(4)14(16)17)19-9(10,11)12/h3H,1-2H3. The number of aromatic nitrogens is 1. The van der Waals surface area contributed by atoms with Crippen LogP contribution in [0.2, 0.25) is 0 Å². The second-order valence-electron chi connectivity index (χ2n) is 3.26. The highest BCUT2D eigenvalue weighted by Gasteiger charge is 2.39. The Morgan fingerprint density at radius 2 is 2.05 bits per heavy atom. The van der Waals surface area contributed by atoms with Crippen molar-refractivity contribution in [1.29, 1.82) is 0 Å². The van der Waals surface area contributed by atoms with Crippen LogP contribution in [0.4, 0.5) is 18.9 Å². The number of hydrogen-bond donors (Lipinski definition) is 0. The number of carbonyl (C=O) groups is 1. The Morgan fingerprint density at radius 3 is 2.47 bits per heavy atom. The van der Waals surface area contributed by atoms with Crippen LogP contribution in [0.5, 0.6) is 5.75 Å². The number of alkyl halides is 3. The van der Waals surface area contributed by atoms with Gasteiger partial charge in [-0.2, -0.15) is 0 Å². The van der Waals surface area contributed by atoms with Crippen LogP contribution in [0.3, 0.4) is 0 Å². The van der Waals surface area contributed by atoms with Crippen molar-refractivity contribution in [2.75, 3.05) is 7.11 Å². The SMILES string of the molecule is COC(=O)c1ncc(C)c([N+](=O)[O-])c1OC(F)(F)F. The predicted octanol–water partition coefficient (Wildman–Crippen LogP) is 1.98. The van der Waals surface area contributed by atoms with Gasteiger partial charge in [-0.25, -0.2) is 9.78 Å². The minimum absolute atomic E-state index is 0.183. The molecule has 1 rings (SSSR count). The first-order valence-corrected chi connectivity index (χ1v) is 4.65. The quantitative estimate of drug-likeness (QED) is 0.477. The van der Waals surface area contributed by atoms with Crippen LogP contribution in [0, 0.1) is 17.0 Å². The van der Waals surface area contributed by atoms with Crippen molar-refractivity contribution in [2.45, 2.75) is 13.3 Å². The molecule has 0 atom stereocenters. The molecule has 0 fully saturated rings. The van der Waals surface area contributed by atoms with Gasteiger partial charge in [-0.15, -0.1) is 13.2 Å². The molecule has 0 aromatic carbocycles. The van der Waals surface area contributed by atoms with Crippen molar-refractivity contribution in [3.63, 3.8) is 0 Å². The summed E-state index contributed by atoms with van der Waals surface area (Å²) in [4.78, 5) is 24.3. The molecule has 0 aliphatic heterocycles. The molecule has 7 nitrogen and oxygen atoms in total. The summed E-state index contributed by atoms with van der Waals surface area (Å²) < 4.78 is 44.4. The van der Waals surface area contributed by atoms with Crippen molar-refractivity contribution < 1.29 is 32.4 Å². The summed E-state index contributed by atoms with van der Waals surface area (Å²) in [7, 11) is 0.896. The van der Waals surface area contributed by atoms with Gasteiger partial charge in [0.2, 0.25) is 5.75 Å². The fraction of sp³-hybridized carbons (Fsp3) is 0.333. The Balaban J connectivity index is 3.53. The summed E-state index contributed by atoms with van der Waals surface area (Å²) >= 11 is 0. The van der Waals surface area contributed by atoms with Gasteiger partial charge in [0, 0.05) is 11.8 Å². The van der Waals surface area contributed by atoms with Gasteiger partial charge >= 0.3 is 18.0 Å². The molecule has 0 spiro atoms. The van der Waals surface area contributed by atoms with Crippen LogP contribution in [0.15, 0.2) is 6.20 Å². The van der Waals surface area contributed by atoms with Gasteiger partial charge in [0.1, 0.15) is 0 Å². The van der Waals surface area contributed by atoms with E-state index in [0.29, 0.717) is 0 Å². The molecule has 1 aromatic rings. The number of methoxy groups -OCH3 is 1. The molecule has 0 bridgehead atoms. The number of halogens is 3. The Hall–Kier alpha value is -2.39. The lowest BCUT2D eigenvalue weighted by molar-refractivity contribution is -0.389. The molecule has 1 heterocycles. The van der Waals surface area contributed by atoms with E-state index in [-0.39, 0.29) is 5.56 Å². The third kappa shape index (κ3) is 3.30. The fourth-order valence-electron chi connectivity index (χ4n) is 1.25. The van der Waals surface area contributed by atoms with Crippen LogP contribution < -0.4 is 4.74 Å². The smallest absolute Gasteiger partial charge is 0.464 e. The number of carbonyl (C=O) groups excluding carboxylic acids is 1. The Labute approximate surface area is 104 Å². The molecule has 0 saturated heterocycles. The van der Waals surface area contributed by atoms with Gasteiger partial charge in [0.25, 0.3) is 0 Å². The summed E-state index contributed by atoms with van der Waals surface area (Å²) in [6, 6.07) is 0. The van der Waals surface area contributed by atoms with E-state index in [9.17, 15) is 28.1 Å². The molecular weight excluding hydrogens is 273 g/mol. The third-order valence-electron chi connectivity index (χ3n) is 1.97. The summed E-state index contributed by atoms with van der Waals surface area (Å²) in [5.74, 6) is -2.56. The maximum atomic E-state index is 12.2. The summed E-state index contributed by atoms with van der Waals surface area (Å²) in [5.41, 5.74) is -2.10. The van der Waals surface area contributed by atoms with E-state index in [1.807, 2.05) is 0 Å². The van der Waals surface area contributed by atoms with Gasteiger partial charge in [-0.3, -0.25) is 10.1 Å². The fourth-order valence-corrected chi connectivity index (χ4v) is 1.25. The average molecular weight is 280 g/mol. The number of pyridine rings is 1. The molecular formula is C9H7F3N2O5. The van der Waals surface area contributed by atoms with E-state index in [1.54, 1.807) is 0 Å². The molecule has 0 unspecified atom stereocenters. The van der Waals surface area contributed by atoms with Crippen molar-refractivity contribution in [3.8, 4) is 5.75 Å². The zero-order valence-electron chi connectivity index (χ0n) is 9.65. The van der Waals surface area contributed by atoms with E-state index in [0.717, 1.165) is 20.2 Å². The topological polar surface area (TPSA) is 91.6 Å².